The molecule has 0 saturated heterocycles. The molecule has 0 fully saturated rings. The van der Waals surface area contributed by atoms with Crippen LogP contribution in [0.25, 0.3) is 0 Å². The highest BCUT2D eigenvalue weighted by atomic mass is 16.1. The summed E-state index contributed by atoms with van der Waals surface area (Å²) < 4.78 is 0. The van der Waals surface area contributed by atoms with E-state index in [1.54, 1.807) is 0 Å². The Labute approximate surface area is 114 Å². The second kappa shape index (κ2) is 4.85. The van der Waals surface area contributed by atoms with Crippen molar-refractivity contribution in [2.24, 2.45) is 0 Å². The predicted molar refractivity (Wildman–Crippen MR) is 76.7 cm³/mol. The molecule has 0 aliphatic carbocycles. The molecule has 1 aromatic carbocycles. The van der Waals surface area contributed by atoms with Crippen molar-refractivity contribution in [3.63, 3.8) is 0 Å². The van der Waals surface area contributed by atoms with Gasteiger partial charge < -0.3 is 15.5 Å². The Morgan fingerprint density at radius 2 is 2.21 bits per heavy atom. The Morgan fingerprint density at radius 3 is 3.00 bits per heavy atom. The Morgan fingerprint density at radius 1 is 1.37 bits per heavy atom. The van der Waals surface area contributed by atoms with Crippen LogP contribution in [-0.2, 0) is 13.0 Å². The van der Waals surface area contributed by atoms with Crippen LogP contribution in [0.3, 0.4) is 0 Å². The molecule has 102 valence electrons. The maximum absolute atomic E-state index is 12.3. The number of rotatable bonds is 2. The molecule has 19 heavy (non-hydrogen) atoms. The van der Waals surface area contributed by atoms with Crippen LogP contribution in [0.15, 0.2) is 12.1 Å². The molecule has 0 aromatic heterocycles. The summed E-state index contributed by atoms with van der Waals surface area (Å²) in [7, 11) is 0. The van der Waals surface area contributed by atoms with Crippen molar-refractivity contribution < 1.29 is 4.79 Å². The van der Waals surface area contributed by atoms with Gasteiger partial charge in [0, 0.05) is 43.5 Å². The first-order chi connectivity index (χ1) is 9.16. The number of carbonyl (C=O) groups is 1. The Hall–Kier alpha value is -1.55. The molecule has 2 aliphatic heterocycles. The van der Waals surface area contributed by atoms with Crippen LogP contribution in [0, 0.1) is 0 Å². The van der Waals surface area contributed by atoms with Crippen LogP contribution in [0.4, 0.5) is 5.69 Å². The monoisotopic (exact) mass is 259 g/mol. The first kappa shape index (κ1) is 12.5. The number of nitrogens with zero attached hydrogens (tertiary/aromatic N) is 1. The van der Waals surface area contributed by atoms with E-state index in [0.29, 0.717) is 0 Å². The maximum Gasteiger partial charge on any atom is 0.251 e. The van der Waals surface area contributed by atoms with Gasteiger partial charge in [0.25, 0.3) is 5.91 Å². The predicted octanol–water partition coefficient (Wildman–Crippen LogP) is 1.29. The summed E-state index contributed by atoms with van der Waals surface area (Å²) in [6.07, 6.45) is 0.990. The molecule has 1 aromatic rings. The SMILES string of the molecule is CC(C)NC(=O)c1ccc2c3c1CCN3CCNC2. The molecular weight excluding hydrogens is 238 g/mol. The van der Waals surface area contributed by atoms with Crippen molar-refractivity contribution in [2.75, 3.05) is 24.5 Å². The number of hydrogen-bond acceptors (Lipinski definition) is 3. The zero-order valence-electron chi connectivity index (χ0n) is 11.6. The lowest BCUT2D eigenvalue weighted by molar-refractivity contribution is 0.0942. The summed E-state index contributed by atoms with van der Waals surface area (Å²) in [5, 5.41) is 6.44. The zero-order valence-corrected chi connectivity index (χ0v) is 11.6. The molecule has 2 N–H and O–H groups in total. The number of carbonyl (C=O) groups excluding carboxylic acids is 1. The Kier molecular flexibility index (Phi) is 3.19. The Balaban J connectivity index is 2.01. The van der Waals surface area contributed by atoms with Gasteiger partial charge in [-0.05, 0) is 37.5 Å². The molecule has 0 spiro atoms. The van der Waals surface area contributed by atoms with E-state index in [1.165, 1.54) is 16.8 Å². The van der Waals surface area contributed by atoms with E-state index in [9.17, 15) is 4.79 Å². The highest BCUT2D eigenvalue weighted by Gasteiger charge is 2.28. The zero-order chi connectivity index (χ0) is 13.4. The van der Waals surface area contributed by atoms with Gasteiger partial charge in [0.15, 0.2) is 0 Å². The fourth-order valence-corrected chi connectivity index (χ4v) is 3.05. The van der Waals surface area contributed by atoms with Crippen LogP contribution < -0.4 is 15.5 Å². The molecular formula is C15H21N3O. The number of benzene rings is 1. The summed E-state index contributed by atoms with van der Waals surface area (Å²) in [5.41, 5.74) is 4.73. The van der Waals surface area contributed by atoms with Gasteiger partial charge in [-0.25, -0.2) is 0 Å². The van der Waals surface area contributed by atoms with E-state index in [4.69, 9.17) is 0 Å². The van der Waals surface area contributed by atoms with Crippen LogP contribution in [0.5, 0.6) is 0 Å². The number of amides is 1. The minimum atomic E-state index is 0.0619. The average molecular weight is 259 g/mol. The molecule has 2 heterocycles. The van der Waals surface area contributed by atoms with Crippen LogP contribution in [0.2, 0.25) is 0 Å². The standard InChI is InChI=1S/C15H21N3O/c1-10(2)17-15(19)13-4-3-11-9-16-6-8-18-7-5-12(13)14(11)18/h3-4,10,16H,5-9H2,1-2H3,(H,17,19). The molecule has 0 radical (unpaired) electrons. The minimum Gasteiger partial charge on any atom is -0.369 e. The summed E-state index contributed by atoms with van der Waals surface area (Å²) in [4.78, 5) is 14.7. The highest BCUT2D eigenvalue weighted by Crippen LogP contribution is 2.35. The average Bonchev–Trinajstić information content (AvgIpc) is 2.66. The Bertz CT molecular complexity index is 510. The fraction of sp³-hybridized carbons (Fsp3) is 0.533. The number of anilines is 1. The van der Waals surface area contributed by atoms with Crippen molar-refractivity contribution in [1.29, 1.82) is 0 Å². The number of nitrogens with one attached hydrogen (secondary N) is 2. The second-order valence-corrected chi connectivity index (χ2v) is 5.64. The summed E-state index contributed by atoms with van der Waals surface area (Å²) in [6, 6.07) is 4.27. The van der Waals surface area contributed by atoms with Crippen molar-refractivity contribution in [3.8, 4) is 0 Å². The molecule has 1 amide bonds. The maximum atomic E-state index is 12.3. The van der Waals surface area contributed by atoms with E-state index in [2.05, 4.69) is 21.6 Å². The highest BCUT2D eigenvalue weighted by molar-refractivity contribution is 5.98. The first-order valence-corrected chi connectivity index (χ1v) is 7.08. The van der Waals surface area contributed by atoms with Crippen LogP contribution in [0.1, 0.15) is 35.3 Å². The van der Waals surface area contributed by atoms with Crippen molar-refractivity contribution in [2.45, 2.75) is 32.9 Å². The molecule has 0 unspecified atom stereocenters. The fourth-order valence-electron chi connectivity index (χ4n) is 3.05. The van der Waals surface area contributed by atoms with E-state index in [1.807, 2.05) is 19.9 Å². The molecule has 4 nitrogen and oxygen atoms in total. The molecule has 2 aliphatic rings. The largest absolute Gasteiger partial charge is 0.369 e. The van der Waals surface area contributed by atoms with E-state index >= 15 is 0 Å². The van der Waals surface area contributed by atoms with Gasteiger partial charge in [0.1, 0.15) is 0 Å². The van der Waals surface area contributed by atoms with Crippen molar-refractivity contribution in [3.05, 3.63) is 28.8 Å². The lowest BCUT2D eigenvalue weighted by Crippen LogP contribution is -2.30. The summed E-state index contributed by atoms with van der Waals surface area (Å²) >= 11 is 0. The number of hydrogen-bond donors (Lipinski definition) is 2. The van der Waals surface area contributed by atoms with Gasteiger partial charge in [-0.1, -0.05) is 6.07 Å². The van der Waals surface area contributed by atoms with Crippen LogP contribution >= 0.6 is 0 Å². The third-order valence-corrected chi connectivity index (χ3v) is 3.85. The minimum absolute atomic E-state index is 0.0619. The van der Waals surface area contributed by atoms with Crippen LogP contribution in [-0.4, -0.2) is 31.6 Å². The van der Waals surface area contributed by atoms with Gasteiger partial charge in [-0.15, -0.1) is 0 Å². The molecule has 3 rings (SSSR count). The lowest BCUT2D eigenvalue weighted by Gasteiger charge is -2.19. The van der Waals surface area contributed by atoms with Gasteiger partial charge in [-0.2, -0.15) is 0 Å². The van der Waals surface area contributed by atoms with Crippen molar-refractivity contribution >= 4 is 11.6 Å². The van der Waals surface area contributed by atoms with E-state index in [-0.39, 0.29) is 11.9 Å². The van der Waals surface area contributed by atoms with Gasteiger partial charge in [0.2, 0.25) is 0 Å². The van der Waals surface area contributed by atoms with Gasteiger partial charge in [0.05, 0.1) is 0 Å². The van der Waals surface area contributed by atoms with E-state index < -0.39 is 0 Å². The van der Waals surface area contributed by atoms with Gasteiger partial charge in [-0.3, -0.25) is 4.79 Å². The topological polar surface area (TPSA) is 44.4 Å². The normalized spacial score (nSPS) is 17.3. The molecule has 4 heteroatoms. The summed E-state index contributed by atoms with van der Waals surface area (Å²) in [6.45, 7) is 7.99. The quantitative estimate of drug-likeness (QED) is 0.841. The van der Waals surface area contributed by atoms with Gasteiger partial charge >= 0.3 is 0 Å². The molecule has 0 atom stereocenters. The molecule has 0 saturated carbocycles. The van der Waals surface area contributed by atoms with E-state index in [0.717, 1.165) is 38.2 Å². The third-order valence-electron chi connectivity index (χ3n) is 3.85. The third kappa shape index (κ3) is 2.21. The van der Waals surface area contributed by atoms with Crippen molar-refractivity contribution in [1.82, 2.24) is 10.6 Å². The first-order valence-electron chi connectivity index (χ1n) is 7.08. The molecule has 0 bridgehead atoms. The second-order valence-electron chi connectivity index (χ2n) is 5.64. The lowest BCUT2D eigenvalue weighted by atomic mass is 10.00. The smallest absolute Gasteiger partial charge is 0.251 e. The summed E-state index contributed by atoms with van der Waals surface area (Å²) in [5.74, 6) is 0.0619.